The topological polar surface area (TPSA) is 67.9 Å². The third kappa shape index (κ3) is 3.82. The molecule has 1 heterocycles. The number of rotatable bonds is 6. The summed E-state index contributed by atoms with van der Waals surface area (Å²) < 4.78 is 38.4. The molecule has 1 aliphatic heterocycles. The van der Waals surface area contributed by atoms with E-state index in [4.69, 9.17) is 9.47 Å². The highest BCUT2D eigenvalue weighted by Crippen LogP contribution is 2.30. The molecule has 2 aromatic carbocycles. The normalized spacial score (nSPS) is 14.4. The molecular weight excluding hydrogens is 340 g/mol. The van der Waals surface area contributed by atoms with Crippen molar-refractivity contribution in [1.29, 1.82) is 0 Å². The number of methoxy groups -OCH3 is 2. The fourth-order valence-electron chi connectivity index (χ4n) is 2.92. The van der Waals surface area contributed by atoms with Crippen LogP contribution in [0.15, 0.2) is 47.4 Å². The van der Waals surface area contributed by atoms with E-state index in [1.165, 1.54) is 33.1 Å². The molecule has 6 nitrogen and oxygen atoms in total. The maximum Gasteiger partial charge on any atom is 0.265 e. The van der Waals surface area contributed by atoms with Crippen LogP contribution in [0.5, 0.6) is 11.5 Å². The minimum Gasteiger partial charge on any atom is -0.497 e. The highest BCUT2D eigenvalue weighted by molar-refractivity contribution is 7.92. The smallest absolute Gasteiger partial charge is 0.265 e. The van der Waals surface area contributed by atoms with Crippen molar-refractivity contribution in [1.82, 2.24) is 0 Å². The molecule has 0 spiro atoms. The Bertz CT molecular complexity index is 829. The standard InChI is InChI=1S/C18H22N2O4S/c1-23-16-9-10-17(24-2)18(13-16)25(21,22)19-14-5-7-15(8-6-14)20-11-3-4-12-20/h5-10,13,19H,3-4,11-12H2,1-2H3. The SMILES string of the molecule is COc1ccc(OC)c(S(=O)(=O)Nc2ccc(N3CCCC3)cc2)c1. The van der Waals surface area contributed by atoms with Crippen LogP contribution in [-0.4, -0.2) is 35.7 Å². The summed E-state index contributed by atoms with van der Waals surface area (Å²) in [5, 5.41) is 0. The lowest BCUT2D eigenvalue weighted by atomic mass is 10.2. The molecular formula is C18H22N2O4S. The molecule has 0 radical (unpaired) electrons. The average molecular weight is 362 g/mol. The van der Waals surface area contributed by atoms with Crippen molar-refractivity contribution in [3.05, 3.63) is 42.5 Å². The number of ether oxygens (including phenoxy) is 2. The lowest BCUT2D eigenvalue weighted by molar-refractivity contribution is 0.392. The second-order valence-corrected chi connectivity index (χ2v) is 7.51. The molecule has 0 saturated carbocycles. The van der Waals surface area contributed by atoms with Gasteiger partial charge in [0.2, 0.25) is 0 Å². The minimum atomic E-state index is -3.79. The second-order valence-electron chi connectivity index (χ2n) is 5.86. The molecule has 1 aliphatic rings. The summed E-state index contributed by atoms with van der Waals surface area (Å²) >= 11 is 0. The number of anilines is 2. The van der Waals surface area contributed by atoms with Gasteiger partial charge in [0, 0.05) is 30.5 Å². The van der Waals surface area contributed by atoms with Crippen molar-refractivity contribution >= 4 is 21.4 Å². The molecule has 1 saturated heterocycles. The number of nitrogens with one attached hydrogen (secondary N) is 1. The Morgan fingerprint density at radius 1 is 0.960 bits per heavy atom. The molecule has 7 heteroatoms. The lowest BCUT2D eigenvalue weighted by Gasteiger charge is -2.18. The monoisotopic (exact) mass is 362 g/mol. The first-order chi connectivity index (χ1) is 12.0. The van der Waals surface area contributed by atoms with Crippen molar-refractivity contribution in [3.8, 4) is 11.5 Å². The van der Waals surface area contributed by atoms with Gasteiger partial charge in [-0.3, -0.25) is 4.72 Å². The van der Waals surface area contributed by atoms with Crippen LogP contribution >= 0.6 is 0 Å². The van der Waals surface area contributed by atoms with Crippen molar-refractivity contribution < 1.29 is 17.9 Å². The first-order valence-corrected chi connectivity index (χ1v) is 9.61. The Kier molecular flexibility index (Phi) is 5.03. The highest BCUT2D eigenvalue weighted by atomic mass is 32.2. The third-order valence-electron chi connectivity index (χ3n) is 4.25. The molecule has 2 aromatic rings. The van der Waals surface area contributed by atoms with Crippen LogP contribution in [0.3, 0.4) is 0 Å². The summed E-state index contributed by atoms with van der Waals surface area (Å²) in [4.78, 5) is 2.33. The van der Waals surface area contributed by atoms with Gasteiger partial charge in [-0.05, 0) is 49.2 Å². The van der Waals surface area contributed by atoms with E-state index in [-0.39, 0.29) is 10.6 Å². The van der Waals surface area contributed by atoms with Gasteiger partial charge in [-0.15, -0.1) is 0 Å². The Labute approximate surface area is 148 Å². The first kappa shape index (κ1) is 17.4. The maximum atomic E-state index is 12.7. The van der Waals surface area contributed by atoms with Crippen molar-refractivity contribution in [2.75, 3.05) is 36.9 Å². The fourth-order valence-corrected chi connectivity index (χ4v) is 4.16. The fraction of sp³-hybridized carbons (Fsp3) is 0.333. The van der Waals surface area contributed by atoms with Crippen LogP contribution in [-0.2, 0) is 10.0 Å². The van der Waals surface area contributed by atoms with Crippen molar-refractivity contribution in [2.24, 2.45) is 0 Å². The molecule has 0 aromatic heterocycles. The van der Waals surface area contributed by atoms with E-state index in [0.717, 1.165) is 18.8 Å². The predicted molar refractivity (Wildman–Crippen MR) is 98.2 cm³/mol. The zero-order chi connectivity index (χ0) is 17.9. The maximum absolute atomic E-state index is 12.7. The zero-order valence-electron chi connectivity index (χ0n) is 14.4. The Hall–Kier alpha value is -2.41. The summed E-state index contributed by atoms with van der Waals surface area (Å²) in [6.45, 7) is 2.10. The lowest BCUT2D eigenvalue weighted by Crippen LogP contribution is -2.18. The number of hydrogen-bond acceptors (Lipinski definition) is 5. The van der Waals surface area contributed by atoms with Gasteiger partial charge in [-0.2, -0.15) is 0 Å². The summed E-state index contributed by atoms with van der Waals surface area (Å²) in [7, 11) is -0.864. The van der Waals surface area contributed by atoms with Gasteiger partial charge < -0.3 is 14.4 Å². The van der Waals surface area contributed by atoms with E-state index in [0.29, 0.717) is 11.4 Å². The van der Waals surface area contributed by atoms with Gasteiger partial charge in [0.1, 0.15) is 16.4 Å². The molecule has 1 N–H and O–H groups in total. The molecule has 1 fully saturated rings. The predicted octanol–water partition coefficient (Wildman–Crippen LogP) is 3.10. The van der Waals surface area contributed by atoms with Gasteiger partial charge >= 0.3 is 0 Å². The van der Waals surface area contributed by atoms with Crippen LogP contribution in [0, 0.1) is 0 Å². The molecule has 0 amide bonds. The van der Waals surface area contributed by atoms with E-state index in [1.807, 2.05) is 12.1 Å². The first-order valence-electron chi connectivity index (χ1n) is 8.13. The van der Waals surface area contributed by atoms with E-state index in [1.54, 1.807) is 24.3 Å². The van der Waals surface area contributed by atoms with Crippen LogP contribution in [0.25, 0.3) is 0 Å². The van der Waals surface area contributed by atoms with Crippen LogP contribution in [0.2, 0.25) is 0 Å². The largest absolute Gasteiger partial charge is 0.497 e. The summed E-state index contributed by atoms with van der Waals surface area (Å²) in [5.41, 5.74) is 1.62. The highest BCUT2D eigenvalue weighted by Gasteiger charge is 2.21. The minimum absolute atomic E-state index is 0.0398. The number of nitrogens with zero attached hydrogens (tertiary/aromatic N) is 1. The van der Waals surface area contributed by atoms with Gasteiger partial charge in [0.05, 0.1) is 14.2 Å². The number of sulfonamides is 1. The van der Waals surface area contributed by atoms with Gasteiger partial charge in [-0.1, -0.05) is 0 Å². The number of hydrogen-bond donors (Lipinski definition) is 1. The van der Waals surface area contributed by atoms with Crippen LogP contribution in [0.4, 0.5) is 11.4 Å². The molecule has 25 heavy (non-hydrogen) atoms. The molecule has 0 bridgehead atoms. The Morgan fingerprint density at radius 2 is 1.64 bits per heavy atom. The quantitative estimate of drug-likeness (QED) is 0.855. The summed E-state index contributed by atoms with van der Waals surface area (Å²) in [6, 6.07) is 12.1. The molecule has 0 atom stereocenters. The summed E-state index contributed by atoms with van der Waals surface area (Å²) in [5.74, 6) is 0.715. The zero-order valence-corrected chi connectivity index (χ0v) is 15.2. The molecule has 3 rings (SSSR count). The van der Waals surface area contributed by atoms with E-state index >= 15 is 0 Å². The van der Waals surface area contributed by atoms with E-state index in [9.17, 15) is 8.42 Å². The summed E-state index contributed by atoms with van der Waals surface area (Å²) in [6.07, 6.45) is 2.40. The van der Waals surface area contributed by atoms with Gasteiger partial charge in [0.25, 0.3) is 10.0 Å². The van der Waals surface area contributed by atoms with E-state index < -0.39 is 10.0 Å². The third-order valence-corrected chi connectivity index (χ3v) is 5.65. The van der Waals surface area contributed by atoms with Crippen molar-refractivity contribution in [3.63, 3.8) is 0 Å². The van der Waals surface area contributed by atoms with Gasteiger partial charge in [0.15, 0.2) is 0 Å². The van der Waals surface area contributed by atoms with Crippen LogP contribution in [0.1, 0.15) is 12.8 Å². The molecule has 0 aliphatic carbocycles. The molecule has 134 valence electrons. The van der Waals surface area contributed by atoms with E-state index in [2.05, 4.69) is 9.62 Å². The Balaban J connectivity index is 1.84. The van der Waals surface area contributed by atoms with Gasteiger partial charge in [-0.25, -0.2) is 8.42 Å². The average Bonchev–Trinajstić information content (AvgIpc) is 3.16. The van der Waals surface area contributed by atoms with Crippen LogP contribution < -0.4 is 19.1 Å². The molecule has 0 unspecified atom stereocenters. The number of benzene rings is 2. The second kappa shape index (κ2) is 7.23. The Morgan fingerprint density at radius 3 is 2.24 bits per heavy atom. The van der Waals surface area contributed by atoms with Crippen molar-refractivity contribution in [2.45, 2.75) is 17.7 Å².